The molecule has 1 heterocycles. The van der Waals surface area contributed by atoms with Crippen LogP contribution in [0.15, 0.2) is 47.1 Å². The van der Waals surface area contributed by atoms with Gasteiger partial charge in [-0.25, -0.2) is 4.79 Å². The Labute approximate surface area is 154 Å². The van der Waals surface area contributed by atoms with Gasteiger partial charge in [0.05, 0.1) is 31.4 Å². The van der Waals surface area contributed by atoms with Crippen molar-refractivity contribution in [2.75, 3.05) is 14.2 Å². The third-order valence-electron chi connectivity index (χ3n) is 4.01. The zero-order valence-corrected chi connectivity index (χ0v) is 14.6. The van der Waals surface area contributed by atoms with Crippen molar-refractivity contribution in [3.8, 4) is 17.2 Å². The first-order valence-electron chi connectivity index (χ1n) is 7.87. The number of rotatable bonds is 6. The third-order valence-corrected chi connectivity index (χ3v) is 4.01. The minimum atomic E-state index is -1.06. The standard InChI is InChI=1S/C20H16O7/c1-25-17-13-8-9-27-18(13)19(26-2)16(22)15(17)14(21)7-6-11-4-3-5-12(10-11)20(23)24/h3-10,22H,1-2H3,(H,23,24)/b7-6+. The zero-order valence-electron chi connectivity index (χ0n) is 14.6. The minimum Gasteiger partial charge on any atom is -0.504 e. The summed E-state index contributed by atoms with van der Waals surface area (Å²) in [6, 6.07) is 7.73. The lowest BCUT2D eigenvalue weighted by Crippen LogP contribution is -2.02. The Bertz CT molecular complexity index is 1060. The summed E-state index contributed by atoms with van der Waals surface area (Å²) in [5, 5.41) is 20.0. The molecular weight excluding hydrogens is 352 g/mol. The van der Waals surface area contributed by atoms with Crippen LogP contribution >= 0.6 is 0 Å². The van der Waals surface area contributed by atoms with Gasteiger partial charge in [-0.05, 0) is 29.8 Å². The molecule has 7 heteroatoms. The average Bonchev–Trinajstić information content (AvgIpc) is 3.14. The molecule has 3 rings (SSSR count). The molecule has 0 unspecified atom stereocenters. The Kier molecular flexibility index (Phi) is 4.85. The molecule has 0 radical (unpaired) electrons. The average molecular weight is 368 g/mol. The van der Waals surface area contributed by atoms with Gasteiger partial charge in [0.15, 0.2) is 17.1 Å². The summed E-state index contributed by atoms with van der Waals surface area (Å²) in [5.41, 5.74) is 0.819. The van der Waals surface area contributed by atoms with E-state index in [0.717, 1.165) is 0 Å². The molecule has 27 heavy (non-hydrogen) atoms. The molecule has 0 fully saturated rings. The van der Waals surface area contributed by atoms with Gasteiger partial charge < -0.3 is 24.1 Å². The number of hydrogen-bond acceptors (Lipinski definition) is 6. The van der Waals surface area contributed by atoms with Gasteiger partial charge in [-0.15, -0.1) is 0 Å². The molecule has 7 nitrogen and oxygen atoms in total. The van der Waals surface area contributed by atoms with E-state index in [4.69, 9.17) is 19.0 Å². The Hall–Kier alpha value is -3.74. The van der Waals surface area contributed by atoms with Crippen LogP contribution in [0.4, 0.5) is 0 Å². The number of phenols is 1. The molecule has 2 aromatic carbocycles. The van der Waals surface area contributed by atoms with Crippen molar-refractivity contribution in [2.24, 2.45) is 0 Å². The summed E-state index contributed by atoms with van der Waals surface area (Å²) < 4.78 is 15.8. The topological polar surface area (TPSA) is 106 Å². The lowest BCUT2D eigenvalue weighted by molar-refractivity contribution is 0.0696. The van der Waals surface area contributed by atoms with E-state index in [1.54, 1.807) is 18.2 Å². The van der Waals surface area contributed by atoms with Crippen molar-refractivity contribution in [3.63, 3.8) is 0 Å². The first-order chi connectivity index (χ1) is 13.0. The lowest BCUT2D eigenvalue weighted by atomic mass is 10.0. The maximum Gasteiger partial charge on any atom is 0.335 e. The highest BCUT2D eigenvalue weighted by atomic mass is 16.5. The van der Waals surface area contributed by atoms with E-state index in [9.17, 15) is 14.7 Å². The monoisotopic (exact) mass is 368 g/mol. The maximum atomic E-state index is 12.7. The molecule has 0 aliphatic rings. The fourth-order valence-electron chi connectivity index (χ4n) is 2.79. The SMILES string of the molecule is COc1c(C(=O)/C=C/c2cccc(C(=O)O)c2)c(O)c(OC)c2occc12. The molecule has 0 aliphatic carbocycles. The van der Waals surface area contributed by atoms with Gasteiger partial charge in [0.1, 0.15) is 11.3 Å². The number of carbonyl (C=O) groups excluding carboxylic acids is 1. The number of phenolic OH excluding ortho intramolecular Hbond substituents is 1. The molecule has 2 N–H and O–H groups in total. The van der Waals surface area contributed by atoms with Gasteiger partial charge in [-0.2, -0.15) is 0 Å². The summed E-state index contributed by atoms with van der Waals surface area (Å²) in [5.74, 6) is -1.81. The summed E-state index contributed by atoms with van der Waals surface area (Å²) in [4.78, 5) is 23.8. The number of aromatic hydroxyl groups is 1. The van der Waals surface area contributed by atoms with E-state index in [2.05, 4.69) is 0 Å². The molecule has 3 aromatic rings. The van der Waals surface area contributed by atoms with Crippen LogP contribution < -0.4 is 9.47 Å². The molecule has 0 spiro atoms. The molecule has 0 bridgehead atoms. The minimum absolute atomic E-state index is 0.0282. The predicted molar refractivity (Wildman–Crippen MR) is 97.7 cm³/mol. The van der Waals surface area contributed by atoms with E-state index >= 15 is 0 Å². The molecular formula is C20H16O7. The van der Waals surface area contributed by atoms with Crippen molar-refractivity contribution < 1.29 is 33.7 Å². The number of ether oxygens (including phenoxy) is 2. The lowest BCUT2D eigenvalue weighted by Gasteiger charge is -2.13. The fourth-order valence-corrected chi connectivity index (χ4v) is 2.79. The van der Waals surface area contributed by atoms with Crippen LogP contribution in [0, 0.1) is 0 Å². The van der Waals surface area contributed by atoms with Crippen LogP contribution in [0.2, 0.25) is 0 Å². The van der Waals surface area contributed by atoms with Crippen LogP contribution in [0.3, 0.4) is 0 Å². The molecule has 0 atom stereocenters. The van der Waals surface area contributed by atoms with Gasteiger partial charge in [0.25, 0.3) is 0 Å². The van der Waals surface area contributed by atoms with E-state index in [1.807, 2.05) is 0 Å². The molecule has 1 aromatic heterocycles. The number of ketones is 1. The number of fused-ring (bicyclic) bond motifs is 1. The van der Waals surface area contributed by atoms with E-state index < -0.39 is 17.5 Å². The van der Waals surface area contributed by atoms with Gasteiger partial charge >= 0.3 is 5.97 Å². The number of benzene rings is 2. The number of hydrogen-bond donors (Lipinski definition) is 2. The second-order valence-electron chi connectivity index (χ2n) is 5.58. The Morgan fingerprint density at radius 2 is 1.85 bits per heavy atom. The van der Waals surface area contributed by atoms with Crippen molar-refractivity contribution >= 4 is 28.8 Å². The predicted octanol–water partition coefficient (Wildman–Crippen LogP) is 3.75. The largest absolute Gasteiger partial charge is 0.504 e. The third kappa shape index (κ3) is 3.22. The number of furan rings is 1. The Balaban J connectivity index is 2.06. The van der Waals surface area contributed by atoms with Crippen LogP contribution in [-0.2, 0) is 0 Å². The summed E-state index contributed by atoms with van der Waals surface area (Å²) in [7, 11) is 2.73. The number of methoxy groups -OCH3 is 2. The van der Waals surface area contributed by atoms with Gasteiger partial charge in [0.2, 0.25) is 5.75 Å². The highest BCUT2D eigenvalue weighted by molar-refractivity contribution is 6.15. The normalized spacial score (nSPS) is 11.0. The Morgan fingerprint density at radius 3 is 2.52 bits per heavy atom. The maximum absolute atomic E-state index is 12.7. The van der Waals surface area contributed by atoms with E-state index in [1.165, 1.54) is 44.8 Å². The van der Waals surface area contributed by atoms with Crippen molar-refractivity contribution in [2.45, 2.75) is 0 Å². The van der Waals surface area contributed by atoms with Crippen LogP contribution in [0.5, 0.6) is 17.2 Å². The van der Waals surface area contributed by atoms with E-state index in [0.29, 0.717) is 10.9 Å². The number of carbonyl (C=O) groups is 2. The first kappa shape index (κ1) is 18.1. The number of carboxylic acid groups (broad SMARTS) is 1. The van der Waals surface area contributed by atoms with Gasteiger partial charge in [-0.1, -0.05) is 18.2 Å². The number of aromatic carboxylic acids is 1. The van der Waals surface area contributed by atoms with Crippen LogP contribution in [-0.4, -0.2) is 36.2 Å². The second kappa shape index (κ2) is 7.25. The van der Waals surface area contributed by atoms with Crippen molar-refractivity contribution in [1.29, 1.82) is 0 Å². The van der Waals surface area contributed by atoms with Crippen molar-refractivity contribution in [1.82, 2.24) is 0 Å². The number of allylic oxidation sites excluding steroid dienone is 1. The van der Waals surface area contributed by atoms with E-state index in [-0.39, 0.29) is 28.2 Å². The summed E-state index contributed by atoms with van der Waals surface area (Å²) >= 11 is 0. The highest BCUT2D eigenvalue weighted by Gasteiger charge is 2.26. The molecule has 0 saturated heterocycles. The fraction of sp³-hybridized carbons (Fsp3) is 0.100. The quantitative estimate of drug-likeness (QED) is 0.504. The van der Waals surface area contributed by atoms with Gasteiger partial charge in [-0.3, -0.25) is 4.79 Å². The molecule has 0 aliphatic heterocycles. The molecule has 0 saturated carbocycles. The summed E-state index contributed by atoms with van der Waals surface area (Å²) in [6.45, 7) is 0. The smallest absolute Gasteiger partial charge is 0.335 e. The Morgan fingerprint density at radius 1 is 1.11 bits per heavy atom. The second-order valence-corrected chi connectivity index (χ2v) is 5.58. The van der Waals surface area contributed by atoms with Crippen LogP contribution in [0.25, 0.3) is 17.0 Å². The van der Waals surface area contributed by atoms with Crippen molar-refractivity contribution in [3.05, 3.63) is 59.4 Å². The summed E-state index contributed by atoms with van der Waals surface area (Å²) in [6.07, 6.45) is 4.08. The zero-order chi connectivity index (χ0) is 19.6. The highest BCUT2D eigenvalue weighted by Crippen LogP contribution is 2.45. The molecule has 0 amide bonds. The van der Waals surface area contributed by atoms with Crippen LogP contribution in [0.1, 0.15) is 26.3 Å². The molecule has 138 valence electrons. The number of carboxylic acids is 1. The first-order valence-corrected chi connectivity index (χ1v) is 7.87. The van der Waals surface area contributed by atoms with Gasteiger partial charge in [0, 0.05) is 0 Å².